The molecule has 1 saturated carbocycles. The number of carbonyl (C=O) groups is 1. The maximum atomic E-state index is 10.6. The standard InChI is InChI=1S/C11H12O2/c1-7-2-4-8(5-3-7)9-6-10(9)11(12)13/h2-5,9-10H,6H2,1H3,(H,12,13). The number of hydrogen-bond donors (Lipinski definition) is 1. The lowest BCUT2D eigenvalue weighted by molar-refractivity contribution is -0.138. The minimum absolute atomic E-state index is 0.136. The topological polar surface area (TPSA) is 37.3 Å². The zero-order chi connectivity index (χ0) is 9.42. The molecular formula is C11H12O2. The van der Waals surface area contributed by atoms with E-state index in [1.165, 1.54) is 5.56 Å². The molecule has 68 valence electrons. The van der Waals surface area contributed by atoms with Gasteiger partial charge in [-0.3, -0.25) is 4.79 Å². The predicted octanol–water partition coefficient (Wildman–Crippen LogP) is 2.18. The summed E-state index contributed by atoms with van der Waals surface area (Å²) in [5, 5.41) is 8.74. The average molecular weight is 176 g/mol. The van der Waals surface area contributed by atoms with Crippen molar-refractivity contribution in [1.82, 2.24) is 0 Å². The minimum atomic E-state index is -0.662. The molecule has 0 radical (unpaired) electrons. The SMILES string of the molecule is Cc1ccc(C2CC2C(=O)O)cc1. The Morgan fingerprint density at radius 1 is 1.38 bits per heavy atom. The maximum absolute atomic E-state index is 10.6. The van der Waals surface area contributed by atoms with E-state index in [0.29, 0.717) is 0 Å². The summed E-state index contributed by atoms with van der Waals surface area (Å²) < 4.78 is 0. The number of carboxylic acid groups (broad SMARTS) is 1. The van der Waals surface area contributed by atoms with Crippen molar-refractivity contribution in [1.29, 1.82) is 0 Å². The van der Waals surface area contributed by atoms with Gasteiger partial charge in [0.1, 0.15) is 0 Å². The van der Waals surface area contributed by atoms with Crippen LogP contribution >= 0.6 is 0 Å². The molecule has 1 aliphatic rings. The minimum Gasteiger partial charge on any atom is -0.481 e. The van der Waals surface area contributed by atoms with Gasteiger partial charge in [-0.25, -0.2) is 0 Å². The summed E-state index contributed by atoms with van der Waals surface area (Å²) in [6.07, 6.45) is 0.804. The number of carboxylic acids is 1. The Labute approximate surface area is 77.2 Å². The van der Waals surface area contributed by atoms with Gasteiger partial charge in [-0.15, -0.1) is 0 Å². The quantitative estimate of drug-likeness (QED) is 0.749. The van der Waals surface area contributed by atoms with Crippen molar-refractivity contribution in [3.8, 4) is 0 Å². The smallest absolute Gasteiger partial charge is 0.307 e. The first-order valence-corrected chi connectivity index (χ1v) is 4.48. The largest absolute Gasteiger partial charge is 0.481 e. The Hall–Kier alpha value is -1.31. The summed E-state index contributed by atoms with van der Waals surface area (Å²) in [5.74, 6) is -0.536. The van der Waals surface area contributed by atoms with Gasteiger partial charge >= 0.3 is 5.97 Å². The zero-order valence-corrected chi connectivity index (χ0v) is 7.53. The van der Waals surface area contributed by atoms with E-state index in [4.69, 9.17) is 5.11 Å². The number of aryl methyl sites for hydroxylation is 1. The third-order valence-electron chi connectivity index (χ3n) is 2.61. The normalized spacial score (nSPS) is 25.6. The maximum Gasteiger partial charge on any atom is 0.307 e. The van der Waals surface area contributed by atoms with Crippen molar-refractivity contribution in [2.24, 2.45) is 5.92 Å². The molecule has 0 aromatic heterocycles. The van der Waals surface area contributed by atoms with Crippen molar-refractivity contribution < 1.29 is 9.90 Å². The Balaban J connectivity index is 2.12. The Bertz CT molecular complexity index is 326. The summed E-state index contributed by atoms with van der Waals surface area (Å²) in [7, 11) is 0. The first-order chi connectivity index (χ1) is 6.18. The van der Waals surface area contributed by atoms with Crippen molar-refractivity contribution in [3.05, 3.63) is 35.4 Å². The van der Waals surface area contributed by atoms with Crippen molar-refractivity contribution in [3.63, 3.8) is 0 Å². The molecule has 0 saturated heterocycles. The lowest BCUT2D eigenvalue weighted by Crippen LogP contribution is -1.98. The second-order valence-electron chi connectivity index (χ2n) is 3.70. The van der Waals surface area contributed by atoms with Crippen molar-refractivity contribution in [2.75, 3.05) is 0 Å². The monoisotopic (exact) mass is 176 g/mol. The molecule has 2 heteroatoms. The predicted molar refractivity (Wildman–Crippen MR) is 49.7 cm³/mol. The molecule has 2 unspecified atom stereocenters. The first kappa shape index (κ1) is 8.30. The number of benzene rings is 1. The molecule has 0 bridgehead atoms. The molecule has 2 nitrogen and oxygen atoms in total. The molecule has 0 aliphatic heterocycles. The fourth-order valence-electron chi connectivity index (χ4n) is 1.65. The summed E-state index contributed by atoms with van der Waals surface area (Å²) in [4.78, 5) is 10.6. The Morgan fingerprint density at radius 2 is 2.00 bits per heavy atom. The van der Waals surface area contributed by atoms with Crippen molar-refractivity contribution in [2.45, 2.75) is 19.3 Å². The summed E-state index contributed by atoms with van der Waals surface area (Å²) in [6.45, 7) is 2.03. The van der Waals surface area contributed by atoms with Crippen LogP contribution in [0.3, 0.4) is 0 Å². The Kier molecular flexibility index (Phi) is 1.83. The van der Waals surface area contributed by atoms with E-state index < -0.39 is 5.97 Å². The molecule has 1 fully saturated rings. The van der Waals surface area contributed by atoms with Crippen LogP contribution < -0.4 is 0 Å². The molecule has 1 aliphatic carbocycles. The molecule has 1 N–H and O–H groups in total. The summed E-state index contributed by atoms with van der Waals surface area (Å²) >= 11 is 0. The van der Waals surface area contributed by atoms with Gasteiger partial charge < -0.3 is 5.11 Å². The number of rotatable bonds is 2. The van der Waals surface area contributed by atoms with E-state index >= 15 is 0 Å². The molecule has 0 heterocycles. The molecule has 1 aromatic rings. The van der Waals surface area contributed by atoms with Gasteiger partial charge in [-0.1, -0.05) is 29.8 Å². The highest BCUT2D eigenvalue weighted by molar-refractivity contribution is 5.75. The van der Waals surface area contributed by atoms with Crippen LogP contribution in [0.4, 0.5) is 0 Å². The van der Waals surface area contributed by atoms with Crippen LogP contribution in [0, 0.1) is 12.8 Å². The van der Waals surface area contributed by atoms with E-state index in [0.717, 1.165) is 12.0 Å². The number of aliphatic carboxylic acids is 1. The van der Waals surface area contributed by atoms with Crippen LogP contribution in [0.25, 0.3) is 0 Å². The summed E-state index contributed by atoms with van der Waals surface area (Å²) in [5.41, 5.74) is 2.38. The van der Waals surface area contributed by atoms with E-state index in [1.807, 2.05) is 31.2 Å². The van der Waals surface area contributed by atoms with Gasteiger partial charge in [0.2, 0.25) is 0 Å². The Morgan fingerprint density at radius 3 is 2.46 bits per heavy atom. The fraction of sp³-hybridized carbons (Fsp3) is 0.364. The number of hydrogen-bond acceptors (Lipinski definition) is 1. The lowest BCUT2D eigenvalue weighted by atomic mass is 10.1. The summed E-state index contributed by atoms with van der Waals surface area (Å²) in [6, 6.07) is 8.13. The second-order valence-corrected chi connectivity index (χ2v) is 3.70. The van der Waals surface area contributed by atoms with Gasteiger partial charge in [-0.2, -0.15) is 0 Å². The first-order valence-electron chi connectivity index (χ1n) is 4.48. The zero-order valence-electron chi connectivity index (χ0n) is 7.53. The van der Waals surface area contributed by atoms with Gasteiger partial charge in [0.25, 0.3) is 0 Å². The highest BCUT2D eigenvalue weighted by Gasteiger charge is 2.43. The van der Waals surface area contributed by atoms with Gasteiger partial charge in [0, 0.05) is 0 Å². The highest BCUT2D eigenvalue weighted by Crippen LogP contribution is 2.47. The molecule has 2 rings (SSSR count). The van der Waals surface area contributed by atoms with E-state index in [-0.39, 0.29) is 11.8 Å². The van der Waals surface area contributed by atoms with Crippen molar-refractivity contribution >= 4 is 5.97 Å². The van der Waals surface area contributed by atoms with Gasteiger partial charge in [0.05, 0.1) is 5.92 Å². The molecule has 2 atom stereocenters. The van der Waals surface area contributed by atoms with Crippen LogP contribution in [-0.2, 0) is 4.79 Å². The molecule has 0 amide bonds. The van der Waals surface area contributed by atoms with E-state index in [2.05, 4.69) is 0 Å². The lowest BCUT2D eigenvalue weighted by Gasteiger charge is -1.98. The van der Waals surface area contributed by atoms with Gasteiger partial charge in [0.15, 0.2) is 0 Å². The van der Waals surface area contributed by atoms with Crippen LogP contribution in [0.15, 0.2) is 24.3 Å². The van der Waals surface area contributed by atoms with Crippen LogP contribution in [-0.4, -0.2) is 11.1 Å². The highest BCUT2D eigenvalue weighted by atomic mass is 16.4. The third-order valence-corrected chi connectivity index (χ3v) is 2.61. The van der Waals surface area contributed by atoms with Gasteiger partial charge in [-0.05, 0) is 24.8 Å². The second kappa shape index (κ2) is 2.87. The van der Waals surface area contributed by atoms with E-state index in [9.17, 15) is 4.79 Å². The molecule has 13 heavy (non-hydrogen) atoms. The van der Waals surface area contributed by atoms with Crippen LogP contribution in [0.5, 0.6) is 0 Å². The fourth-order valence-corrected chi connectivity index (χ4v) is 1.65. The molecular weight excluding hydrogens is 164 g/mol. The molecule has 1 aromatic carbocycles. The average Bonchev–Trinajstić information content (AvgIpc) is 2.85. The third kappa shape index (κ3) is 1.57. The van der Waals surface area contributed by atoms with Crippen LogP contribution in [0.2, 0.25) is 0 Å². The van der Waals surface area contributed by atoms with Crippen LogP contribution in [0.1, 0.15) is 23.5 Å². The molecule has 0 spiro atoms. The van der Waals surface area contributed by atoms with E-state index in [1.54, 1.807) is 0 Å².